The summed E-state index contributed by atoms with van der Waals surface area (Å²) in [6.45, 7) is 0. The highest BCUT2D eigenvalue weighted by molar-refractivity contribution is 5.89. The molecule has 0 saturated carbocycles. The fourth-order valence-corrected chi connectivity index (χ4v) is 1.07. The van der Waals surface area contributed by atoms with Crippen molar-refractivity contribution in [3.63, 3.8) is 0 Å². The van der Waals surface area contributed by atoms with Crippen molar-refractivity contribution in [1.82, 2.24) is 0 Å². The van der Waals surface area contributed by atoms with Crippen molar-refractivity contribution in [3.8, 4) is 0 Å². The number of benzene rings is 1. The Hall–Kier alpha value is -1.50. The van der Waals surface area contributed by atoms with Crippen LogP contribution in [0.15, 0.2) is 24.3 Å². The molecule has 0 aliphatic carbocycles. The summed E-state index contributed by atoms with van der Waals surface area (Å²) in [5.74, 6) is -1.26. The van der Waals surface area contributed by atoms with Gasteiger partial charge in [0, 0.05) is 5.69 Å². The van der Waals surface area contributed by atoms with Gasteiger partial charge in [0.1, 0.15) is 6.04 Å². The van der Waals surface area contributed by atoms with Crippen molar-refractivity contribution in [3.05, 3.63) is 29.8 Å². The molecule has 1 atom stereocenters. The number of halogens is 2. The zero-order valence-electron chi connectivity index (χ0n) is 8.71. The largest absolute Gasteiger partial charge is 0.480 e. The van der Waals surface area contributed by atoms with Gasteiger partial charge in [0.2, 0.25) is 0 Å². The van der Waals surface area contributed by atoms with Crippen LogP contribution in [0.4, 0.5) is 5.69 Å². The molecule has 0 heterocycles. The second-order valence-electron chi connectivity index (χ2n) is 2.98. The van der Waals surface area contributed by atoms with Gasteiger partial charge in [-0.3, -0.25) is 10.2 Å². The van der Waals surface area contributed by atoms with Crippen molar-refractivity contribution in [2.24, 2.45) is 11.5 Å². The Bertz CT molecular complexity index is 383. The van der Waals surface area contributed by atoms with Crippen LogP contribution in [0.3, 0.4) is 0 Å². The third-order valence-electron chi connectivity index (χ3n) is 1.81. The number of carboxylic acid groups (broad SMARTS) is 1. The van der Waals surface area contributed by atoms with Gasteiger partial charge >= 0.3 is 5.97 Å². The Morgan fingerprint density at radius 1 is 1.29 bits per heavy atom. The second kappa shape index (κ2) is 7.72. The van der Waals surface area contributed by atoms with Crippen LogP contribution in [-0.2, 0) is 4.79 Å². The maximum atomic E-state index is 10.6. The molecule has 0 aliphatic heterocycles. The first-order chi connectivity index (χ1) is 7.00. The number of guanidine groups is 1. The van der Waals surface area contributed by atoms with Crippen LogP contribution in [0.2, 0.25) is 0 Å². The number of hydrogen-bond donors (Lipinski definition) is 5. The predicted octanol–water partition coefficient (Wildman–Crippen LogP) is 0.920. The molecular weight excluding hydrogens is 267 g/mol. The average molecular weight is 281 g/mol. The molecule has 0 unspecified atom stereocenters. The minimum Gasteiger partial charge on any atom is -0.480 e. The first-order valence-corrected chi connectivity index (χ1v) is 4.20. The molecule has 1 rings (SSSR count). The van der Waals surface area contributed by atoms with E-state index in [2.05, 4.69) is 5.32 Å². The molecule has 1 aromatic carbocycles. The molecule has 0 bridgehead atoms. The lowest BCUT2D eigenvalue weighted by Crippen LogP contribution is -2.21. The maximum absolute atomic E-state index is 10.6. The summed E-state index contributed by atoms with van der Waals surface area (Å²) in [7, 11) is 0. The van der Waals surface area contributed by atoms with Gasteiger partial charge in [-0.1, -0.05) is 12.1 Å². The molecule has 0 spiro atoms. The summed E-state index contributed by atoms with van der Waals surface area (Å²) in [6.07, 6.45) is 0. The van der Waals surface area contributed by atoms with Crippen LogP contribution < -0.4 is 16.8 Å². The molecule has 8 heteroatoms. The van der Waals surface area contributed by atoms with Crippen molar-refractivity contribution >= 4 is 42.4 Å². The van der Waals surface area contributed by atoms with Crippen LogP contribution in [0.5, 0.6) is 0 Å². The number of carboxylic acids is 1. The molecule has 0 saturated heterocycles. The lowest BCUT2D eigenvalue weighted by Gasteiger charge is -2.08. The Morgan fingerprint density at radius 2 is 1.76 bits per heavy atom. The van der Waals surface area contributed by atoms with E-state index in [1.807, 2.05) is 0 Å². The first kappa shape index (κ1) is 17.9. The third-order valence-corrected chi connectivity index (χ3v) is 1.81. The number of nitrogens with one attached hydrogen (secondary N) is 2. The second-order valence-corrected chi connectivity index (χ2v) is 2.98. The van der Waals surface area contributed by atoms with E-state index in [-0.39, 0.29) is 30.8 Å². The first-order valence-electron chi connectivity index (χ1n) is 4.20. The molecular formula is C9H14Cl2N4O2. The van der Waals surface area contributed by atoms with E-state index < -0.39 is 12.0 Å². The Balaban J connectivity index is 0. The highest BCUT2D eigenvalue weighted by Gasteiger charge is 2.13. The van der Waals surface area contributed by atoms with Crippen molar-refractivity contribution in [2.75, 3.05) is 5.32 Å². The number of aliphatic carboxylic acids is 1. The monoisotopic (exact) mass is 280 g/mol. The quantitative estimate of drug-likeness (QED) is 0.416. The smallest absolute Gasteiger partial charge is 0.325 e. The number of hydrogen-bond acceptors (Lipinski definition) is 3. The van der Waals surface area contributed by atoms with Gasteiger partial charge in [0.25, 0.3) is 0 Å². The van der Waals surface area contributed by atoms with E-state index in [9.17, 15) is 4.79 Å². The Kier molecular flexibility index (Phi) is 8.12. The summed E-state index contributed by atoms with van der Waals surface area (Å²) in [4.78, 5) is 10.6. The fourth-order valence-electron chi connectivity index (χ4n) is 1.07. The zero-order chi connectivity index (χ0) is 11.4. The predicted molar refractivity (Wildman–Crippen MR) is 71.0 cm³/mol. The van der Waals surface area contributed by atoms with E-state index in [0.717, 1.165) is 0 Å². The van der Waals surface area contributed by atoms with Gasteiger partial charge in [0.15, 0.2) is 5.96 Å². The van der Waals surface area contributed by atoms with Crippen molar-refractivity contribution in [1.29, 1.82) is 5.41 Å². The minimum atomic E-state index is -1.08. The Labute approximate surface area is 111 Å². The standard InChI is InChI=1S/C9H12N4O2.2ClH/c10-7(8(14)15)5-1-3-6(4-2-5)13-9(11)12;;/h1-4,7H,10H2,(H,14,15)(H4,11,12,13);2*1H/t7-;;/m0../s1. The van der Waals surface area contributed by atoms with Crippen LogP contribution in [0.25, 0.3) is 0 Å². The number of nitrogens with two attached hydrogens (primary N) is 2. The summed E-state index contributed by atoms with van der Waals surface area (Å²) in [5, 5.41) is 18.2. The molecule has 0 fully saturated rings. The fraction of sp³-hybridized carbons (Fsp3) is 0.111. The van der Waals surface area contributed by atoms with Crippen LogP contribution in [0.1, 0.15) is 11.6 Å². The molecule has 0 radical (unpaired) electrons. The minimum absolute atomic E-state index is 0. The normalized spacial score (nSPS) is 10.4. The third kappa shape index (κ3) is 5.39. The molecule has 17 heavy (non-hydrogen) atoms. The molecule has 0 aliphatic rings. The van der Waals surface area contributed by atoms with Crippen molar-refractivity contribution < 1.29 is 9.90 Å². The molecule has 96 valence electrons. The molecule has 1 aromatic rings. The lowest BCUT2D eigenvalue weighted by atomic mass is 10.1. The van der Waals surface area contributed by atoms with Gasteiger partial charge in [-0.15, -0.1) is 24.8 Å². The van der Waals surface area contributed by atoms with E-state index in [4.69, 9.17) is 22.0 Å². The Morgan fingerprint density at radius 3 is 2.12 bits per heavy atom. The van der Waals surface area contributed by atoms with Gasteiger partial charge in [-0.25, -0.2) is 0 Å². The van der Waals surface area contributed by atoms with Gasteiger partial charge < -0.3 is 21.9 Å². The summed E-state index contributed by atoms with van der Waals surface area (Å²) >= 11 is 0. The molecule has 0 amide bonds. The van der Waals surface area contributed by atoms with Crippen LogP contribution >= 0.6 is 24.8 Å². The summed E-state index contributed by atoms with van der Waals surface area (Å²) in [5.41, 5.74) is 11.6. The highest BCUT2D eigenvalue weighted by atomic mass is 35.5. The number of carbonyl (C=O) groups is 1. The highest BCUT2D eigenvalue weighted by Crippen LogP contribution is 2.14. The lowest BCUT2D eigenvalue weighted by molar-refractivity contribution is -0.138. The molecule has 7 N–H and O–H groups in total. The number of rotatable bonds is 3. The topological polar surface area (TPSA) is 125 Å². The average Bonchev–Trinajstić information content (AvgIpc) is 2.17. The van der Waals surface area contributed by atoms with E-state index in [1.165, 1.54) is 0 Å². The van der Waals surface area contributed by atoms with E-state index in [0.29, 0.717) is 11.3 Å². The number of anilines is 1. The summed E-state index contributed by atoms with van der Waals surface area (Å²) < 4.78 is 0. The van der Waals surface area contributed by atoms with Gasteiger partial charge in [0.05, 0.1) is 0 Å². The van der Waals surface area contributed by atoms with E-state index in [1.54, 1.807) is 24.3 Å². The molecule has 6 nitrogen and oxygen atoms in total. The van der Waals surface area contributed by atoms with Crippen LogP contribution in [-0.4, -0.2) is 17.0 Å². The van der Waals surface area contributed by atoms with Crippen molar-refractivity contribution in [2.45, 2.75) is 6.04 Å². The van der Waals surface area contributed by atoms with Gasteiger partial charge in [-0.05, 0) is 17.7 Å². The van der Waals surface area contributed by atoms with Crippen LogP contribution in [0, 0.1) is 5.41 Å². The SMILES string of the molecule is Cl.Cl.N=C(N)Nc1ccc([C@H](N)C(=O)O)cc1. The molecule has 0 aromatic heterocycles. The maximum Gasteiger partial charge on any atom is 0.325 e. The van der Waals surface area contributed by atoms with E-state index >= 15 is 0 Å². The summed E-state index contributed by atoms with van der Waals surface area (Å²) in [6, 6.07) is 5.34. The van der Waals surface area contributed by atoms with Gasteiger partial charge in [-0.2, -0.15) is 0 Å². The zero-order valence-corrected chi connectivity index (χ0v) is 10.3.